The Morgan fingerprint density at radius 1 is 1.06 bits per heavy atom. The lowest BCUT2D eigenvalue weighted by atomic mass is 10.1. The molecule has 0 aliphatic rings. The number of aliphatic hydroxyl groups excluding tert-OH is 1. The van der Waals surface area contributed by atoms with Gasteiger partial charge >= 0.3 is 5.97 Å². The van der Waals surface area contributed by atoms with E-state index in [9.17, 15) is 19.7 Å². The molecule has 1 amide bonds. The van der Waals surface area contributed by atoms with Crippen LogP contribution in [0.25, 0.3) is 0 Å². The molecule has 0 heterocycles. The van der Waals surface area contributed by atoms with Gasteiger partial charge in [0.1, 0.15) is 0 Å². The number of benzene rings is 3. The standard InChI is InChI=1S/C25H25N3O6/c1-18-6-5-9-20(14-18)27(16-19-7-3-2-4-8-19)24(30)17-34-25(31)22-15-21(28(32)33)10-11-23(22)26-12-13-29/h2-11,14-15,26,29H,12-13,16-17H2,1H3. The fraction of sp³-hybridized carbons (Fsp3) is 0.200. The third-order valence-electron chi connectivity index (χ3n) is 4.99. The number of carbonyl (C=O) groups excluding carboxylic acids is 2. The number of rotatable bonds is 10. The van der Waals surface area contributed by atoms with Crippen LogP contribution in [0, 0.1) is 17.0 Å². The number of hydrogen-bond acceptors (Lipinski definition) is 7. The van der Waals surface area contributed by atoms with E-state index in [0.29, 0.717) is 5.69 Å². The van der Waals surface area contributed by atoms with Crippen LogP contribution in [-0.2, 0) is 16.1 Å². The maximum absolute atomic E-state index is 13.1. The van der Waals surface area contributed by atoms with Crippen LogP contribution in [0.5, 0.6) is 0 Å². The molecule has 0 aliphatic carbocycles. The molecule has 0 spiro atoms. The Bertz CT molecular complexity index is 1170. The van der Waals surface area contributed by atoms with Crippen LogP contribution in [0.15, 0.2) is 72.8 Å². The van der Waals surface area contributed by atoms with Gasteiger partial charge in [0.2, 0.25) is 0 Å². The number of aryl methyl sites for hydroxylation is 1. The fourth-order valence-electron chi connectivity index (χ4n) is 3.33. The van der Waals surface area contributed by atoms with Gasteiger partial charge in [0.25, 0.3) is 11.6 Å². The molecule has 0 saturated heterocycles. The summed E-state index contributed by atoms with van der Waals surface area (Å²) < 4.78 is 5.26. The van der Waals surface area contributed by atoms with Crippen molar-refractivity contribution in [2.75, 3.05) is 30.0 Å². The van der Waals surface area contributed by atoms with Gasteiger partial charge in [-0.1, -0.05) is 42.5 Å². The predicted octanol–water partition coefficient (Wildman–Crippen LogP) is 3.70. The lowest BCUT2D eigenvalue weighted by Crippen LogP contribution is -2.34. The molecule has 2 N–H and O–H groups in total. The Labute approximate surface area is 196 Å². The van der Waals surface area contributed by atoms with Crippen LogP contribution in [-0.4, -0.2) is 41.7 Å². The molecule has 3 rings (SSSR count). The molecule has 34 heavy (non-hydrogen) atoms. The lowest BCUT2D eigenvalue weighted by molar-refractivity contribution is -0.384. The summed E-state index contributed by atoms with van der Waals surface area (Å²) in [4.78, 5) is 37.9. The van der Waals surface area contributed by atoms with E-state index in [2.05, 4.69) is 5.32 Å². The minimum Gasteiger partial charge on any atom is -0.452 e. The highest BCUT2D eigenvalue weighted by Gasteiger charge is 2.22. The maximum Gasteiger partial charge on any atom is 0.341 e. The molecule has 9 nitrogen and oxygen atoms in total. The summed E-state index contributed by atoms with van der Waals surface area (Å²) in [6, 6.07) is 20.5. The molecule has 0 atom stereocenters. The van der Waals surface area contributed by atoms with Crippen molar-refractivity contribution in [3.8, 4) is 0 Å². The van der Waals surface area contributed by atoms with Crippen molar-refractivity contribution >= 4 is 28.9 Å². The maximum atomic E-state index is 13.1. The van der Waals surface area contributed by atoms with Crippen LogP contribution in [0.3, 0.4) is 0 Å². The van der Waals surface area contributed by atoms with Crippen molar-refractivity contribution in [1.82, 2.24) is 0 Å². The molecule has 3 aromatic rings. The number of nitro benzene ring substituents is 1. The average Bonchev–Trinajstić information content (AvgIpc) is 2.84. The van der Waals surface area contributed by atoms with Gasteiger partial charge < -0.3 is 20.1 Å². The Kier molecular flexibility index (Phi) is 8.31. The first kappa shape index (κ1) is 24.4. The van der Waals surface area contributed by atoms with E-state index in [1.807, 2.05) is 55.5 Å². The highest BCUT2D eigenvalue weighted by Crippen LogP contribution is 2.24. The molecule has 0 radical (unpaired) electrons. The molecular weight excluding hydrogens is 438 g/mol. The van der Waals surface area contributed by atoms with E-state index in [4.69, 9.17) is 9.84 Å². The minimum absolute atomic E-state index is 0.0967. The van der Waals surface area contributed by atoms with Gasteiger partial charge in [-0.05, 0) is 36.2 Å². The third kappa shape index (κ3) is 6.39. The first-order valence-electron chi connectivity index (χ1n) is 10.6. The van der Waals surface area contributed by atoms with Crippen molar-refractivity contribution in [1.29, 1.82) is 0 Å². The fourth-order valence-corrected chi connectivity index (χ4v) is 3.33. The molecule has 0 aliphatic heterocycles. The SMILES string of the molecule is Cc1cccc(N(Cc2ccccc2)C(=O)COC(=O)c2cc([N+](=O)[O-])ccc2NCCO)c1. The number of nitro groups is 1. The number of carbonyl (C=O) groups is 2. The second kappa shape index (κ2) is 11.6. The van der Waals surface area contributed by atoms with Crippen molar-refractivity contribution in [2.24, 2.45) is 0 Å². The highest BCUT2D eigenvalue weighted by molar-refractivity contribution is 6.00. The van der Waals surface area contributed by atoms with Crippen molar-refractivity contribution in [2.45, 2.75) is 13.5 Å². The Hall–Kier alpha value is -4.24. The van der Waals surface area contributed by atoms with Gasteiger partial charge in [-0.25, -0.2) is 4.79 Å². The van der Waals surface area contributed by atoms with Gasteiger partial charge in [0.05, 0.1) is 23.6 Å². The van der Waals surface area contributed by atoms with Crippen LogP contribution in [0.2, 0.25) is 0 Å². The smallest absolute Gasteiger partial charge is 0.341 e. The summed E-state index contributed by atoms with van der Waals surface area (Å²) in [5.74, 6) is -1.33. The van der Waals surface area contributed by atoms with Gasteiger partial charge in [0.15, 0.2) is 6.61 Å². The molecule has 0 unspecified atom stereocenters. The first-order valence-corrected chi connectivity index (χ1v) is 10.6. The third-order valence-corrected chi connectivity index (χ3v) is 4.99. The van der Waals surface area contributed by atoms with Crippen LogP contribution in [0.4, 0.5) is 17.1 Å². The Balaban J connectivity index is 1.80. The molecule has 9 heteroatoms. The second-order valence-electron chi connectivity index (χ2n) is 7.52. The Morgan fingerprint density at radius 3 is 2.50 bits per heavy atom. The molecule has 0 aromatic heterocycles. The quantitative estimate of drug-likeness (QED) is 0.267. The van der Waals surface area contributed by atoms with E-state index in [0.717, 1.165) is 17.2 Å². The van der Waals surface area contributed by atoms with E-state index in [-0.39, 0.29) is 36.6 Å². The zero-order valence-electron chi connectivity index (χ0n) is 18.6. The Morgan fingerprint density at radius 2 is 1.82 bits per heavy atom. The number of hydrogen-bond donors (Lipinski definition) is 2. The molecule has 0 saturated carbocycles. The zero-order valence-corrected chi connectivity index (χ0v) is 18.6. The van der Waals surface area contributed by atoms with Crippen LogP contribution in [0.1, 0.15) is 21.5 Å². The molecule has 0 bridgehead atoms. The average molecular weight is 463 g/mol. The van der Waals surface area contributed by atoms with Crippen LogP contribution >= 0.6 is 0 Å². The number of anilines is 2. The molecule has 0 fully saturated rings. The number of amides is 1. The minimum atomic E-state index is -0.888. The van der Waals surface area contributed by atoms with Crippen molar-refractivity contribution in [3.05, 3.63) is 99.6 Å². The normalized spacial score (nSPS) is 10.4. The summed E-state index contributed by atoms with van der Waals surface area (Å²) >= 11 is 0. The summed E-state index contributed by atoms with van der Waals surface area (Å²) in [6.45, 7) is 1.57. The summed E-state index contributed by atoms with van der Waals surface area (Å²) in [6.07, 6.45) is 0. The number of aliphatic hydroxyl groups is 1. The van der Waals surface area contributed by atoms with Crippen molar-refractivity contribution < 1.29 is 24.4 Å². The first-order chi connectivity index (χ1) is 16.4. The van der Waals surface area contributed by atoms with Gasteiger partial charge in [-0.3, -0.25) is 14.9 Å². The predicted molar refractivity (Wildman–Crippen MR) is 128 cm³/mol. The number of ether oxygens (including phenoxy) is 1. The van der Waals surface area contributed by atoms with E-state index < -0.39 is 23.4 Å². The molecular formula is C25H25N3O6. The zero-order chi connectivity index (χ0) is 24.5. The van der Waals surface area contributed by atoms with Gasteiger partial charge in [-0.2, -0.15) is 0 Å². The molecule has 3 aromatic carbocycles. The second-order valence-corrected chi connectivity index (χ2v) is 7.52. The summed E-state index contributed by atoms with van der Waals surface area (Å²) in [7, 11) is 0. The number of nitrogens with one attached hydrogen (secondary N) is 1. The number of esters is 1. The monoisotopic (exact) mass is 463 g/mol. The van der Waals surface area contributed by atoms with E-state index in [1.165, 1.54) is 17.0 Å². The largest absolute Gasteiger partial charge is 0.452 e. The molecule has 176 valence electrons. The topological polar surface area (TPSA) is 122 Å². The number of nitrogens with zero attached hydrogens (tertiary/aromatic N) is 2. The lowest BCUT2D eigenvalue weighted by Gasteiger charge is -2.23. The number of non-ortho nitro benzene ring substituents is 1. The summed E-state index contributed by atoms with van der Waals surface area (Å²) in [5, 5.41) is 23.0. The highest BCUT2D eigenvalue weighted by atomic mass is 16.6. The van der Waals surface area contributed by atoms with E-state index >= 15 is 0 Å². The summed E-state index contributed by atoms with van der Waals surface area (Å²) in [5.41, 5.74) is 2.40. The van der Waals surface area contributed by atoms with E-state index in [1.54, 1.807) is 6.07 Å². The van der Waals surface area contributed by atoms with Gasteiger partial charge in [0, 0.05) is 30.1 Å². The van der Waals surface area contributed by atoms with Gasteiger partial charge in [-0.15, -0.1) is 0 Å². The van der Waals surface area contributed by atoms with Crippen molar-refractivity contribution in [3.63, 3.8) is 0 Å². The van der Waals surface area contributed by atoms with Crippen LogP contribution < -0.4 is 10.2 Å².